The number of benzene rings is 1. The van der Waals surface area contributed by atoms with E-state index in [0.717, 1.165) is 0 Å². The van der Waals surface area contributed by atoms with Crippen molar-refractivity contribution in [2.45, 2.75) is 31.0 Å². The fraction of sp³-hybridized carbons (Fsp3) is 0.353. The van der Waals surface area contributed by atoms with Crippen LogP contribution in [0.15, 0.2) is 40.1 Å². The quantitative estimate of drug-likeness (QED) is 0.709. The van der Waals surface area contributed by atoms with E-state index in [9.17, 15) is 32.7 Å². The van der Waals surface area contributed by atoms with Crippen LogP contribution in [0.3, 0.4) is 0 Å². The number of nitrogens with one attached hydrogen (secondary N) is 1. The Labute approximate surface area is 165 Å². The number of rotatable bonds is 4. The molecule has 1 fully saturated rings. The molecule has 2 N–H and O–H groups in total. The number of H-pyrrole nitrogens is 1. The number of esters is 1. The van der Waals surface area contributed by atoms with Gasteiger partial charge in [-0.25, -0.2) is 9.59 Å². The van der Waals surface area contributed by atoms with Crippen LogP contribution in [0.4, 0.5) is 13.2 Å². The Morgan fingerprint density at radius 3 is 2.59 bits per heavy atom. The highest BCUT2D eigenvalue weighted by Gasteiger charge is 2.39. The standard InChI is InChI=1S/C17H14ClF3N2O6/c18-9-3-1-8(2-4-9)15(26)28-7-12-11(24)5-13(29-12)23-6-10(17(19,20)21)14(25)22-16(23)27/h1-4,6,11-13,24H,5,7H2,(H,22,25,27)/t11-,12+,13-/m0/s1. The maximum atomic E-state index is 12.9. The number of hydrogen-bond donors (Lipinski definition) is 2. The number of aromatic amines is 1. The first kappa shape index (κ1) is 21.1. The number of hydrogen-bond acceptors (Lipinski definition) is 6. The Hall–Kier alpha value is -2.63. The van der Waals surface area contributed by atoms with Gasteiger partial charge in [-0.3, -0.25) is 14.3 Å². The summed E-state index contributed by atoms with van der Waals surface area (Å²) >= 11 is 5.73. The number of aliphatic hydroxyl groups is 1. The number of ether oxygens (including phenoxy) is 2. The normalized spacial score (nSPS) is 21.9. The lowest BCUT2D eigenvalue weighted by Gasteiger charge is -2.17. The molecule has 0 unspecified atom stereocenters. The number of alkyl halides is 3. The SMILES string of the molecule is O=C(OC[C@H]1O[C@H](n2cc(C(F)(F)F)c(=O)[nH]c2=O)C[C@@H]1O)c1ccc(Cl)cc1. The fourth-order valence-corrected chi connectivity index (χ4v) is 2.89. The van der Waals surface area contributed by atoms with Crippen molar-refractivity contribution in [3.8, 4) is 0 Å². The molecule has 0 spiro atoms. The number of halogens is 4. The molecule has 3 rings (SSSR count). The third kappa shape index (κ3) is 4.69. The summed E-state index contributed by atoms with van der Waals surface area (Å²) in [6, 6.07) is 5.82. The number of aliphatic hydroxyl groups excluding tert-OH is 1. The van der Waals surface area contributed by atoms with Crippen molar-refractivity contribution in [1.82, 2.24) is 9.55 Å². The largest absolute Gasteiger partial charge is 0.459 e. The Balaban J connectivity index is 1.71. The fourth-order valence-electron chi connectivity index (χ4n) is 2.76. The topological polar surface area (TPSA) is 111 Å². The molecule has 8 nitrogen and oxygen atoms in total. The van der Waals surface area contributed by atoms with Crippen molar-refractivity contribution in [2.75, 3.05) is 6.61 Å². The molecule has 0 bridgehead atoms. The van der Waals surface area contributed by atoms with Crippen LogP contribution in [0.25, 0.3) is 0 Å². The molecule has 1 aromatic heterocycles. The molecular weight excluding hydrogens is 421 g/mol. The highest BCUT2D eigenvalue weighted by atomic mass is 35.5. The summed E-state index contributed by atoms with van der Waals surface area (Å²) in [5.74, 6) is -0.721. The third-order valence-electron chi connectivity index (χ3n) is 4.25. The van der Waals surface area contributed by atoms with Crippen molar-refractivity contribution in [1.29, 1.82) is 0 Å². The van der Waals surface area contributed by atoms with E-state index < -0.39 is 54.0 Å². The molecule has 0 radical (unpaired) electrons. The third-order valence-corrected chi connectivity index (χ3v) is 4.50. The van der Waals surface area contributed by atoms with Crippen LogP contribution in [0.1, 0.15) is 28.6 Å². The molecule has 2 heterocycles. The van der Waals surface area contributed by atoms with E-state index in [0.29, 0.717) is 15.8 Å². The minimum atomic E-state index is -4.98. The average Bonchev–Trinajstić information content (AvgIpc) is 2.99. The van der Waals surface area contributed by atoms with Gasteiger partial charge in [0.05, 0.1) is 11.7 Å². The van der Waals surface area contributed by atoms with Crippen LogP contribution < -0.4 is 11.2 Å². The van der Waals surface area contributed by atoms with E-state index >= 15 is 0 Å². The summed E-state index contributed by atoms with van der Waals surface area (Å²) in [4.78, 5) is 36.8. The zero-order valence-electron chi connectivity index (χ0n) is 14.5. The second-order valence-electron chi connectivity index (χ2n) is 6.24. The Bertz CT molecular complexity index is 1020. The van der Waals surface area contributed by atoms with Gasteiger partial charge in [0.1, 0.15) is 24.5 Å². The molecule has 12 heteroatoms. The number of nitrogens with zero attached hydrogens (tertiary/aromatic N) is 1. The van der Waals surface area contributed by atoms with E-state index in [1.54, 1.807) is 4.98 Å². The first-order valence-electron chi connectivity index (χ1n) is 8.25. The molecule has 3 atom stereocenters. The van der Waals surface area contributed by atoms with Crippen LogP contribution in [-0.2, 0) is 15.7 Å². The smallest absolute Gasteiger partial charge is 0.423 e. The molecule has 0 saturated carbocycles. The van der Waals surface area contributed by atoms with Gasteiger partial charge in [0.15, 0.2) is 0 Å². The molecule has 156 valence electrons. The monoisotopic (exact) mass is 434 g/mol. The first-order valence-corrected chi connectivity index (χ1v) is 8.63. The molecule has 0 aliphatic carbocycles. The van der Waals surface area contributed by atoms with Gasteiger partial charge in [0.2, 0.25) is 0 Å². The van der Waals surface area contributed by atoms with Crippen molar-refractivity contribution < 1.29 is 32.5 Å². The highest BCUT2D eigenvalue weighted by molar-refractivity contribution is 6.30. The van der Waals surface area contributed by atoms with Crippen LogP contribution >= 0.6 is 11.6 Å². The predicted molar refractivity (Wildman–Crippen MR) is 92.6 cm³/mol. The van der Waals surface area contributed by atoms with E-state index in [1.807, 2.05) is 0 Å². The van der Waals surface area contributed by atoms with Crippen molar-refractivity contribution in [3.05, 3.63) is 67.4 Å². The molecule has 29 heavy (non-hydrogen) atoms. The van der Waals surface area contributed by atoms with E-state index in [-0.39, 0.29) is 12.0 Å². The van der Waals surface area contributed by atoms with E-state index in [2.05, 4.69) is 0 Å². The van der Waals surface area contributed by atoms with Crippen molar-refractivity contribution in [2.24, 2.45) is 0 Å². The summed E-state index contributed by atoms with van der Waals surface area (Å²) in [5.41, 5.74) is -4.08. The lowest BCUT2D eigenvalue weighted by molar-refractivity contribution is -0.139. The van der Waals surface area contributed by atoms with Crippen LogP contribution in [-0.4, -0.2) is 39.4 Å². The molecular formula is C17H14ClF3N2O6. The molecule has 0 amide bonds. The second-order valence-corrected chi connectivity index (χ2v) is 6.68. The van der Waals surface area contributed by atoms with Crippen LogP contribution in [0.2, 0.25) is 5.02 Å². The lowest BCUT2D eigenvalue weighted by atomic mass is 10.2. The number of carbonyl (C=O) groups is 1. The zero-order valence-corrected chi connectivity index (χ0v) is 15.2. The van der Waals surface area contributed by atoms with Gasteiger partial charge in [-0.15, -0.1) is 0 Å². The number of aromatic nitrogens is 2. The Morgan fingerprint density at radius 2 is 1.97 bits per heavy atom. The van der Waals surface area contributed by atoms with Crippen LogP contribution in [0.5, 0.6) is 0 Å². The summed E-state index contributed by atoms with van der Waals surface area (Å²) in [5, 5.41) is 10.5. The molecule has 1 aliphatic rings. The minimum absolute atomic E-state index is 0.199. The Kier molecular flexibility index (Phi) is 5.82. The number of carbonyl (C=O) groups excluding carboxylic acids is 1. The van der Waals surface area contributed by atoms with Gasteiger partial charge in [-0.05, 0) is 24.3 Å². The lowest BCUT2D eigenvalue weighted by Crippen LogP contribution is -2.36. The first-order chi connectivity index (χ1) is 13.6. The van der Waals surface area contributed by atoms with Crippen molar-refractivity contribution in [3.63, 3.8) is 0 Å². The molecule has 1 aliphatic heterocycles. The summed E-state index contributed by atoms with van der Waals surface area (Å²) in [7, 11) is 0. The molecule has 2 aromatic rings. The van der Waals surface area contributed by atoms with E-state index in [1.165, 1.54) is 24.3 Å². The Morgan fingerprint density at radius 1 is 1.31 bits per heavy atom. The minimum Gasteiger partial charge on any atom is -0.459 e. The van der Waals surface area contributed by atoms with Crippen LogP contribution in [0, 0.1) is 0 Å². The molecule has 1 saturated heterocycles. The van der Waals surface area contributed by atoms with Crippen molar-refractivity contribution >= 4 is 17.6 Å². The molecule has 1 aromatic carbocycles. The highest BCUT2D eigenvalue weighted by Crippen LogP contribution is 2.30. The van der Waals surface area contributed by atoms with Gasteiger partial charge in [-0.2, -0.15) is 13.2 Å². The summed E-state index contributed by atoms with van der Waals surface area (Å²) in [6.07, 6.45) is -8.47. The van der Waals surface area contributed by atoms with Gasteiger partial charge >= 0.3 is 17.8 Å². The van der Waals surface area contributed by atoms with Gasteiger partial charge < -0.3 is 14.6 Å². The predicted octanol–water partition coefficient (Wildman–Crippen LogP) is 1.71. The zero-order chi connectivity index (χ0) is 21.3. The maximum Gasteiger partial charge on any atom is 0.423 e. The summed E-state index contributed by atoms with van der Waals surface area (Å²) in [6.45, 7) is -0.399. The second kappa shape index (κ2) is 8.01. The average molecular weight is 435 g/mol. The maximum absolute atomic E-state index is 12.9. The van der Waals surface area contributed by atoms with Gasteiger partial charge in [0.25, 0.3) is 5.56 Å². The summed E-state index contributed by atoms with van der Waals surface area (Å²) < 4.78 is 49.7. The van der Waals surface area contributed by atoms with Gasteiger partial charge in [-0.1, -0.05) is 11.6 Å². The van der Waals surface area contributed by atoms with E-state index in [4.69, 9.17) is 21.1 Å². The van der Waals surface area contributed by atoms with Gasteiger partial charge in [0, 0.05) is 17.6 Å².